The molecule has 0 aliphatic carbocycles. The summed E-state index contributed by atoms with van der Waals surface area (Å²) in [7, 11) is 0. The predicted octanol–water partition coefficient (Wildman–Crippen LogP) is -6.08. The maximum absolute atomic E-state index is 14.9. The number of unbranched alkanes of at least 4 members (excludes halogenated alkanes) is 1. The summed E-state index contributed by atoms with van der Waals surface area (Å²) in [5.41, 5.74) is 40.6. The van der Waals surface area contributed by atoms with Gasteiger partial charge in [-0.1, -0.05) is 58.4 Å². The van der Waals surface area contributed by atoms with Crippen LogP contribution in [0.3, 0.4) is 0 Å². The van der Waals surface area contributed by atoms with Crippen LogP contribution in [0.2, 0.25) is 0 Å². The number of nitrogens with one attached hydrogen (secondary N) is 8. The minimum Gasteiger partial charge on any atom is -0.508 e. The third-order valence-electron chi connectivity index (χ3n) is 19.2. The van der Waals surface area contributed by atoms with Crippen molar-refractivity contribution in [1.82, 2.24) is 67.0 Å². The molecule has 11 amide bonds. The van der Waals surface area contributed by atoms with Gasteiger partial charge in [-0.25, -0.2) is 4.79 Å². The third-order valence-corrected chi connectivity index (χ3v) is 19.2. The summed E-state index contributed by atoms with van der Waals surface area (Å²) in [5, 5.41) is 71.4. The number of aliphatic carboxylic acids is 3. The molecule has 2 fully saturated rings. The molecule has 114 heavy (non-hydrogen) atoms. The van der Waals surface area contributed by atoms with E-state index in [0.717, 1.165) is 0 Å². The Morgan fingerprint density at radius 1 is 0.482 bits per heavy atom. The lowest BCUT2D eigenvalue weighted by atomic mass is 9.98. The summed E-state index contributed by atoms with van der Waals surface area (Å²) < 4.78 is 0. The molecule has 27 N–H and O–H groups in total. The van der Waals surface area contributed by atoms with Crippen molar-refractivity contribution in [2.75, 3.05) is 105 Å². The molecule has 2 saturated heterocycles. The van der Waals surface area contributed by atoms with Crippen LogP contribution < -0.4 is 82.7 Å². The van der Waals surface area contributed by atoms with Gasteiger partial charge in [0, 0.05) is 91.4 Å². The van der Waals surface area contributed by atoms with Gasteiger partial charge in [0.15, 0.2) is 11.9 Å². The fourth-order valence-corrected chi connectivity index (χ4v) is 12.7. The standard InChI is InChI=1S/C73H118N22O19/c1-5-44(4)62(75)69(111)90-55(38-57(74)98)70(112)95-26-10-14-56(95)68(110)87-51(71(113)114)11-6-7-23-81-58(99)39-91-27-28-92(30-32-94(42-61(103)104)34-33-93(31-29-91)41-60(101)102)40-59(100)84-54(37-46-17-21-48(97)22-18-46)67(109)86-50(13-9-25-83-73(79)80)65(107)89-53(35-43(2)3)66(108)85-49(12-8-24-82-72(77)78)64(106)88-52(63(76)105)36-45-15-19-47(96)20-16-45/h15-22,43-44,49-56,62,96-97H,5-14,23-42,75H2,1-4H3,(H2,74,98)(H2,76,105)(H,81,99)(H,84,100)(H,85,108)(H,86,109)(H,87,110)(H,88,106)(H,89,107)(H,90,111)(H,101,102)(H,103,104)(H,113,114)(H4,77,78,82)(H4,79,80,83)/t44-,49-,50-,51-,52-,53-,54-,55-,56-,62-/m0/s1. The number of carbonyl (C=O) groups excluding carboxylic acids is 11. The summed E-state index contributed by atoms with van der Waals surface area (Å²) in [6.07, 6.45) is 0.461. The average Bonchev–Trinajstić information content (AvgIpc) is 1.56. The highest BCUT2D eigenvalue weighted by Crippen LogP contribution is 2.22. The lowest BCUT2D eigenvalue weighted by Gasteiger charge is -2.33. The highest BCUT2D eigenvalue weighted by atomic mass is 16.4. The van der Waals surface area contributed by atoms with Gasteiger partial charge in [-0.2, -0.15) is 0 Å². The molecule has 0 aromatic heterocycles. The molecule has 0 unspecified atom stereocenters. The molecular formula is C73H118N22O19. The van der Waals surface area contributed by atoms with Crippen LogP contribution >= 0.6 is 0 Å². The van der Waals surface area contributed by atoms with Crippen LogP contribution in [0.5, 0.6) is 11.5 Å². The molecule has 2 aliphatic heterocycles. The lowest BCUT2D eigenvalue weighted by Crippen LogP contribution is -2.59. The van der Waals surface area contributed by atoms with Crippen LogP contribution in [-0.2, 0) is 80.0 Å². The molecule has 0 bridgehead atoms. The number of aliphatic imine (C=N–C) groups is 2. The number of rotatable bonds is 47. The normalized spacial score (nSPS) is 17.0. The van der Waals surface area contributed by atoms with Gasteiger partial charge >= 0.3 is 17.9 Å². The first kappa shape index (κ1) is 95.3. The Balaban J connectivity index is 1.56. The van der Waals surface area contributed by atoms with E-state index in [9.17, 15) is 92.7 Å². The molecule has 0 radical (unpaired) electrons. The number of carbonyl (C=O) groups is 14. The Morgan fingerprint density at radius 2 is 0.904 bits per heavy atom. The van der Waals surface area contributed by atoms with E-state index in [1.807, 2.05) is 6.92 Å². The maximum Gasteiger partial charge on any atom is 0.326 e. The molecule has 41 nitrogen and oxygen atoms in total. The Bertz CT molecular complexity index is 3600. The molecular weight excluding hydrogens is 1490 g/mol. The van der Waals surface area contributed by atoms with Gasteiger partial charge in [-0.15, -0.1) is 0 Å². The first-order valence-electron chi connectivity index (χ1n) is 38.2. The van der Waals surface area contributed by atoms with E-state index in [4.69, 9.17) is 40.1 Å². The topological polar surface area (TPSA) is 659 Å². The zero-order valence-electron chi connectivity index (χ0n) is 65.3. The van der Waals surface area contributed by atoms with Crippen LogP contribution in [0, 0.1) is 11.8 Å². The molecule has 41 heteroatoms. The largest absolute Gasteiger partial charge is 0.508 e. The van der Waals surface area contributed by atoms with E-state index in [1.54, 1.807) is 40.4 Å². The van der Waals surface area contributed by atoms with Crippen LogP contribution in [0.15, 0.2) is 58.5 Å². The number of phenolic OH excluding ortho intramolecular Hbond substituents is 2. The molecule has 2 aliphatic rings. The highest BCUT2D eigenvalue weighted by Gasteiger charge is 2.41. The number of phenols is 2. The predicted molar refractivity (Wildman–Crippen MR) is 417 cm³/mol. The average molecular weight is 1610 g/mol. The van der Waals surface area contributed by atoms with Crippen molar-refractivity contribution in [2.24, 2.45) is 62.0 Å². The van der Waals surface area contributed by atoms with Crippen molar-refractivity contribution in [1.29, 1.82) is 0 Å². The first-order valence-corrected chi connectivity index (χ1v) is 38.2. The number of amides is 11. The summed E-state index contributed by atoms with van der Waals surface area (Å²) >= 11 is 0. The first-order chi connectivity index (χ1) is 53.9. The summed E-state index contributed by atoms with van der Waals surface area (Å²) in [5.74, 6) is -13.6. The molecule has 10 atom stereocenters. The molecule has 0 spiro atoms. The van der Waals surface area contributed by atoms with E-state index in [0.29, 0.717) is 24.0 Å². The smallest absolute Gasteiger partial charge is 0.326 e. The van der Waals surface area contributed by atoms with Crippen molar-refractivity contribution in [2.45, 2.75) is 172 Å². The van der Waals surface area contributed by atoms with Gasteiger partial charge in [0.1, 0.15) is 59.8 Å². The van der Waals surface area contributed by atoms with Gasteiger partial charge in [-0.05, 0) is 111 Å². The Morgan fingerprint density at radius 3 is 1.34 bits per heavy atom. The van der Waals surface area contributed by atoms with E-state index in [-0.39, 0.29) is 191 Å². The van der Waals surface area contributed by atoms with Gasteiger partial charge in [0.2, 0.25) is 65.0 Å². The van der Waals surface area contributed by atoms with Gasteiger partial charge in [0.25, 0.3) is 0 Å². The monoisotopic (exact) mass is 1610 g/mol. The van der Waals surface area contributed by atoms with E-state index < -0.39 is 163 Å². The number of nitrogens with zero attached hydrogens (tertiary/aromatic N) is 7. The van der Waals surface area contributed by atoms with Crippen LogP contribution in [-0.4, -0.2) is 304 Å². The number of primary amides is 2. The number of guanidine groups is 2. The molecule has 2 aromatic rings. The van der Waals surface area contributed by atoms with Crippen LogP contribution in [0.1, 0.15) is 116 Å². The second-order valence-corrected chi connectivity index (χ2v) is 29.0. The summed E-state index contributed by atoms with van der Waals surface area (Å²) in [6.45, 7) is 6.13. The zero-order valence-corrected chi connectivity index (χ0v) is 65.3. The number of aromatic hydroxyl groups is 2. The number of carboxylic acid groups (broad SMARTS) is 3. The van der Waals surface area contributed by atoms with Crippen molar-refractivity contribution in [3.05, 3.63) is 59.7 Å². The van der Waals surface area contributed by atoms with Crippen molar-refractivity contribution < 1.29 is 92.7 Å². The van der Waals surface area contributed by atoms with Gasteiger partial charge in [0.05, 0.1) is 38.6 Å². The number of hydrogen-bond acceptors (Lipinski definition) is 23. The summed E-state index contributed by atoms with van der Waals surface area (Å²) in [4.78, 5) is 205. The minimum absolute atomic E-state index is 0.0113. The van der Waals surface area contributed by atoms with Crippen molar-refractivity contribution >= 4 is 94.8 Å². The fourth-order valence-electron chi connectivity index (χ4n) is 12.7. The maximum atomic E-state index is 14.9. The number of likely N-dealkylation sites (tertiary alicyclic amines) is 1. The van der Waals surface area contributed by atoms with Crippen molar-refractivity contribution in [3.8, 4) is 11.5 Å². The second kappa shape index (κ2) is 49.5. The molecule has 634 valence electrons. The van der Waals surface area contributed by atoms with Crippen molar-refractivity contribution in [3.63, 3.8) is 0 Å². The van der Waals surface area contributed by atoms with Gasteiger partial charge < -0.3 is 113 Å². The SMILES string of the molecule is CC[C@H](C)[C@H](N)C(=O)N[C@@H](CC(N)=O)C(=O)N1CCC[C@H]1C(=O)N[C@@H](CCCCNC(=O)CN1CCN(CC(=O)O)CCN(CC(=O)O)CCN(CC(=O)N[C@@H](Cc2ccc(O)cc2)C(=O)N[C@@H](CCCN=C(N)N)C(=O)N[C@@H](CC(C)C)C(=O)N[C@@H](CCCN=C(N)N)C(=O)N[C@@H](Cc2ccc(O)cc2)C(N)=O)CC1)C(=O)O. The molecule has 2 aromatic carbocycles. The number of hydrogen-bond donors (Lipinski definition) is 20. The van der Waals surface area contributed by atoms with E-state index in [1.165, 1.54) is 53.4 Å². The summed E-state index contributed by atoms with van der Waals surface area (Å²) in [6, 6.07) is -0.406. The highest BCUT2D eigenvalue weighted by molar-refractivity contribution is 5.98. The molecule has 2 heterocycles. The fraction of sp³-hybridized carbons (Fsp3) is 0.616. The molecule has 0 saturated carbocycles. The zero-order chi connectivity index (χ0) is 84.7. The minimum atomic E-state index is -1.47. The quantitative estimate of drug-likeness (QED) is 0.0167. The number of carboxylic acids is 3. The van der Waals surface area contributed by atoms with E-state index >= 15 is 0 Å². The number of nitrogens with two attached hydrogens (primary N) is 7. The molecule has 4 rings (SSSR count). The Labute approximate surface area is 661 Å². The van der Waals surface area contributed by atoms with Crippen LogP contribution in [0.4, 0.5) is 0 Å². The lowest BCUT2D eigenvalue weighted by molar-refractivity contribution is -0.145. The van der Waals surface area contributed by atoms with E-state index in [2.05, 4.69) is 52.5 Å². The Hall–Kier alpha value is -11.0. The third kappa shape index (κ3) is 36.2. The second-order valence-electron chi connectivity index (χ2n) is 29.0. The van der Waals surface area contributed by atoms with Crippen LogP contribution in [0.25, 0.3) is 0 Å². The Kier molecular flexibility index (Phi) is 41.4. The van der Waals surface area contributed by atoms with Gasteiger partial charge in [-0.3, -0.25) is 91.9 Å². The number of benzene rings is 2.